The summed E-state index contributed by atoms with van der Waals surface area (Å²) in [6.45, 7) is 2.13. The van der Waals surface area contributed by atoms with Gasteiger partial charge in [0.2, 0.25) is 5.91 Å². The standard InChI is InChI=1S/C20H23F3N2O/c1-2-3-4-9-16-15-8-6-5-7-14(15)10-11-17(16)19(20(21,22)23)25-13-12-18(26)24-25/h5-8,10-11,19H,2-4,9,12-13H2,1H3,(H,24,26). The number of hydrogen-bond acceptors (Lipinski definition) is 2. The molecule has 1 amide bonds. The lowest BCUT2D eigenvalue weighted by molar-refractivity contribution is -0.191. The van der Waals surface area contributed by atoms with Gasteiger partial charge in [-0.05, 0) is 34.7 Å². The fourth-order valence-electron chi connectivity index (χ4n) is 3.65. The van der Waals surface area contributed by atoms with Gasteiger partial charge in [0.15, 0.2) is 0 Å². The maximum absolute atomic E-state index is 14.0. The van der Waals surface area contributed by atoms with E-state index in [0.29, 0.717) is 6.42 Å². The van der Waals surface area contributed by atoms with Gasteiger partial charge < -0.3 is 0 Å². The van der Waals surface area contributed by atoms with Crippen LogP contribution in [0.1, 0.15) is 49.8 Å². The van der Waals surface area contributed by atoms with Crippen molar-refractivity contribution in [3.63, 3.8) is 0 Å². The van der Waals surface area contributed by atoms with Crippen LogP contribution in [0.25, 0.3) is 10.8 Å². The maximum atomic E-state index is 14.0. The molecular weight excluding hydrogens is 341 g/mol. The highest BCUT2D eigenvalue weighted by molar-refractivity contribution is 5.87. The quantitative estimate of drug-likeness (QED) is 0.739. The topological polar surface area (TPSA) is 32.3 Å². The lowest BCUT2D eigenvalue weighted by Gasteiger charge is -2.31. The van der Waals surface area contributed by atoms with E-state index in [2.05, 4.69) is 12.3 Å². The number of rotatable bonds is 6. The summed E-state index contributed by atoms with van der Waals surface area (Å²) in [6.07, 6.45) is -0.969. The fraction of sp³-hybridized carbons (Fsp3) is 0.450. The smallest absolute Gasteiger partial charge is 0.288 e. The Hall–Kier alpha value is -2.08. The molecule has 0 aromatic heterocycles. The summed E-state index contributed by atoms with van der Waals surface area (Å²) in [6, 6.07) is 9.04. The van der Waals surface area contributed by atoms with E-state index in [-0.39, 0.29) is 24.4 Å². The van der Waals surface area contributed by atoms with E-state index < -0.39 is 12.2 Å². The summed E-state index contributed by atoms with van der Waals surface area (Å²) in [5.74, 6) is -0.368. The second kappa shape index (κ2) is 7.66. The SMILES string of the molecule is CCCCCc1c(C(N2CCC(=O)N2)C(F)(F)F)ccc2ccccc12. The lowest BCUT2D eigenvalue weighted by Crippen LogP contribution is -2.44. The van der Waals surface area contributed by atoms with Crippen molar-refractivity contribution in [1.29, 1.82) is 0 Å². The molecule has 0 bridgehead atoms. The summed E-state index contributed by atoms with van der Waals surface area (Å²) < 4.78 is 41.9. The number of halogens is 3. The number of alkyl halides is 3. The van der Waals surface area contributed by atoms with Gasteiger partial charge in [0, 0.05) is 13.0 Å². The minimum Gasteiger partial charge on any atom is -0.288 e. The molecule has 0 spiro atoms. The first kappa shape index (κ1) is 18.7. The molecule has 1 N–H and O–H groups in total. The van der Waals surface area contributed by atoms with Crippen molar-refractivity contribution >= 4 is 16.7 Å². The molecule has 2 aromatic carbocycles. The Morgan fingerprint density at radius 1 is 1.15 bits per heavy atom. The first-order chi connectivity index (χ1) is 12.4. The van der Waals surface area contributed by atoms with E-state index in [4.69, 9.17) is 0 Å². The van der Waals surface area contributed by atoms with Gasteiger partial charge in [-0.15, -0.1) is 0 Å². The van der Waals surface area contributed by atoms with Crippen molar-refractivity contribution in [2.24, 2.45) is 0 Å². The van der Waals surface area contributed by atoms with E-state index >= 15 is 0 Å². The van der Waals surface area contributed by atoms with Crippen LogP contribution < -0.4 is 5.43 Å². The fourth-order valence-corrected chi connectivity index (χ4v) is 3.65. The number of hydrogen-bond donors (Lipinski definition) is 1. The minimum atomic E-state index is -4.47. The first-order valence-corrected chi connectivity index (χ1v) is 9.05. The molecule has 0 aliphatic carbocycles. The van der Waals surface area contributed by atoms with Crippen LogP contribution in [-0.4, -0.2) is 23.6 Å². The molecule has 0 radical (unpaired) electrons. The largest absolute Gasteiger partial charge is 0.409 e. The molecule has 2 aromatic rings. The van der Waals surface area contributed by atoms with Crippen LogP contribution in [-0.2, 0) is 11.2 Å². The number of nitrogens with one attached hydrogen (secondary N) is 1. The molecule has 1 saturated heterocycles. The van der Waals surface area contributed by atoms with Gasteiger partial charge in [-0.1, -0.05) is 56.2 Å². The first-order valence-electron chi connectivity index (χ1n) is 9.05. The molecule has 1 aliphatic rings. The number of benzene rings is 2. The van der Waals surface area contributed by atoms with Crippen LogP contribution in [0.5, 0.6) is 0 Å². The third-order valence-corrected chi connectivity index (χ3v) is 4.87. The van der Waals surface area contributed by atoms with Crippen molar-refractivity contribution < 1.29 is 18.0 Å². The average Bonchev–Trinajstić information content (AvgIpc) is 3.01. The predicted molar refractivity (Wildman–Crippen MR) is 95.4 cm³/mol. The number of hydrazine groups is 1. The molecule has 1 aliphatic heterocycles. The van der Waals surface area contributed by atoms with Crippen molar-refractivity contribution in [2.75, 3.05) is 6.54 Å². The molecule has 6 heteroatoms. The van der Waals surface area contributed by atoms with Crippen molar-refractivity contribution in [1.82, 2.24) is 10.4 Å². The Bertz CT molecular complexity index is 788. The van der Waals surface area contributed by atoms with Gasteiger partial charge in [-0.3, -0.25) is 10.2 Å². The number of unbranched alkanes of at least 4 members (excludes halogenated alkanes) is 2. The van der Waals surface area contributed by atoms with Crippen molar-refractivity contribution in [2.45, 2.75) is 51.2 Å². The highest BCUT2D eigenvalue weighted by atomic mass is 19.4. The van der Waals surface area contributed by atoms with Gasteiger partial charge in [0.05, 0.1) is 0 Å². The number of aryl methyl sites for hydroxylation is 1. The summed E-state index contributed by atoms with van der Waals surface area (Å²) in [5.41, 5.74) is 3.36. The zero-order chi connectivity index (χ0) is 18.7. The van der Waals surface area contributed by atoms with Crippen molar-refractivity contribution in [3.8, 4) is 0 Å². The van der Waals surface area contributed by atoms with E-state index in [1.54, 1.807) is 12.1 Å². The van der Waals surface area contributed by atoms with Gasteiger partial charge in [0.25, 0.3) is 0 Å². The van der Waals surface area contributed by atoms with Gasteiger partial charge in [-0.25, -0.2) is 5.01 Å². The van der Waals surface area contributed by atoms with Crippen LogP contribution in [0.15, 0.2) is 36.4 Å². The maximum Gasteiger partial charge on any atom is 0.409 e. The second-order valence-electron chi connectivity index (χ2n) is 6.73. The number of amides is 1. The molecular formula is C20H23F3N2O. The summed E-state index contributed by atoms with van der Waals surface area (Å²) in [5, 5.41) is 2.84. The third-order valence-electron chi connectivity index (χ3n) is 4.87. The normalized spacial score (nSPS) is 16.8. The lowest BCUT2D eigenvalue weighted by atomic mass is 9.90. The third kappa shape index (κ3) is 3.85. The van der Waals surface area contributed by atoms with Gasteiger partial charge in [-0.2, -0.15) is 13.2 Å². The molecule has 1 atom stereocenters. The highest BCUT2D eigenvalue weighted by Crippen LogP contribution is 2.41. The van der Waals surface area contributed by atoms with E-state index in [1.807, 2.05) is 24.3 Å². The van der Waals surface area contributed by atoms with E-state index in [9.17, 15) is 18.0 Å². The van der Waals surface area contributed by atoms with Gasteiger partial charge in [0.1, 0.15) is 6.04 Å². The van der Waals surface area contributed by atoms with Crippen LogP contribution >= 0.6 is 0 Å². The zero-order valence-electron chi connectivity index (χ0n) is 14.8. The van der Waals surface area contributed by atoms with Crippen LogP contribution in [0.4, 0.5) is 13.2 Å². The number of nitrogens with zero attached hydrogens (tertiary/aromatic N) is 1. The minimum absolute atomic E-state index is 0.0598. The monoisotopic (exact) mass is 364 g/mol. The number of carbonyl (C=O) groups excluding carboxylic acids is 1. The summed E-state index contributed by atoms with van der Waals surface area (Å²) in [4.78, 5) is 11.5. The summed E-state index contributed by atoms with van der Waals surface area (Å²) >= 11 is 0. The molecule has 26 heavy (non-hydrogen) atoms. The molecule has 1 fully saturated rings. The molecule has 1 heterocycles. The Balaban J connectivity index is 2.10. The van der Waals surface area contributed by atoms with Gasteiger partial charge >= 0.3 is 6.18 Å². The van der Waals surface area contributed by atoms with E-state index in [0.717, 1.165) is 40.6 Å². The predicted octanol–water partition coefficient (Wildman–Crippen LogP) is 4.91. The van der Waals surface area contributed by atoms with Crippen LogP contribution in [0.3, 0.4) is 0 Å². The van der Waals surface area contributed by atoms with Crippen molar-refractivity contribution in [3.05, 3.63) is 47.5 Å². The highest BCUT2D eigenvalue weighted by Gasteiger charge is 2.47. The Kier molecular flexibility index (Phi) is 5.51. The molecule has 3 nitrogen and oxygen atoms in total. The Morgan fingerprint density at radius 2 is 1.92 bits per heavy atom. The average molecular weight is 364 g/mol. The van der Waals surface area contributed by atoms with E-state index in [1.165, 1.54) is 0 Å². The van der Waals surface area contributed by atoms with Crippen LogP contribution in [0, 0.1) is 0 Å². The number of fused-ring (bicyclic) bond motifs is 1. The van der Waals surface area contributed by atoms with Crippen LogP contribution in [0.2, 0.25) is 0 Å². The summed E-state index contributed by atoms with van der Waals surface area (Å²) in [7, 11) is 0. The molecule has 3 rings (SSSR count). The Morgan fingerprint density at radius 3 is 2.58 bits per heavy atom. The number of carbonyl (C=O) groups is 1. The molecule has 0 saturated carbocycles. The second-order valence-corrected chi connectivity index (χ2v) is 6.73. The molecule has 140 valence electrons. The molecule has 1 unspecified atom stereocenters. The zero-order valence-corrected chi connectivity index (χ0v) is 14.8. The Labute approximate surface area is 151 Å².